The third kappa shape index (κ3) is 9.77. The van der Waals surface area contributed by atoms with E-state index in [-0.39, 0.29) is 0 Å². The molecule has 0 unspecified atom stereocenters. The molecule has 3 aromatic rings. The summed E-state index contributed by atoms with van der Waals surface area (Å²) < 4.78 is 38.9. The molecule has 1 fully saturated rings. The monoisotopic (exact) mass is 590 g/mol. The molecule has 43 heavy (non-hydrogen) atoms. The molecular formula is C36H45F3N4. The van der Waals surface area contributed by atoms with Gasteiger partial charge in [0.15, 0.2) is 0 Å². The number of alkyl halides is 3. The van der Waals surface area contributed by atoms with Crippen LogP contribution in [0.3, 0.4) is 0 Å². The first kappa shape index (κ1) is 33.5. The molecule has 0 aliphatic carbocycles. The van der Waals surface area contributed by atoms with Gasteiger partial charge in [0.25, 0.3) is 0 Å². The van der Waals surface area contributed by atoms with Crippen molar-refractivity contribution in [2.75, 3.05) is 25.0 Å². The molecule has 0 atom stereocenters. The van der Waals surface area contributed by atoms with E-state index < -0.39 is 11.7 Å². The maximum absolute atomic E-state index is 13.0. The first-order valence-corrected chi connectivity index (χ1v) is 14.7. The fraction of sp³-hybridized carbons (Fsp3) is 0.361. The van der Waals surface area contributed by atoms with E-state index in [1.807, 2.05) is 36.2 Å². The lowest BCUT2D eigenvalue weighted by Gasteiger charge is -2.31. The van der Waals surface area contributed by atoms with Crippen LogP contribution in [-0.2, 0) is 6.18 Å². The lowest BCUT2D eigenvalue weighted by Crippen LogP contribution is -2.31. The SMILES string of the molecule is C=C(C)N(C)/C=C(\C)c1cc(/C(C=C(C)C)=C/c2cc[nH]c2C)ccn1.Cc1ccc(N2CCCCC2)c(C(F)(F)F)c1. The first-order chi connectivity index (χ1) is 20.3. The van der Waals surface area contributed by atoms with Crippen LogP contribution in [0.1, 0.15) is 80.6 Å². The minimum Gasteiger partial charge on any atom is -0.371 e. The number of halogens is 3. The van der Waals surface area contributed by atoms with Gasteiger partial charge in [-0.15, -0.1) is 0 Å². The summed E-state index contributed by atoms with van der Waals surface area (Å²) in [7, 11) is 2.00. The molecule has 2 aromatic heterocycles. The van der Waals surface area contributed by atoms with E-state index in [9.17, 15) is 13.2 Å². The predicted molar refractivity (Wildman–Crippen MR) is 176 cm³/mol. The summed E-state index contributed by atoms with van der Waals surface area (Å²) in [6, 6.07) is 10.9. The van der Waals surface area contributed by atoms with Crippen LogP contribution in [0.5, 0.6) is 0 Å². The zero-order valence-corrected chi connectivity index (χ0v) is 26.6. The maximum Gasteiger partial charge on any atom is 0.418 e. The molecule has 0 spiro atoms. The van der Waals surface area contributed by atoms with Gasteiger partial charge in [0.05, 0.1) is 11.3 Å². The van der Waals surface area contributed by atoms with E-state index in [0.717, 1.165) is 60.6 Å². The van der Waals surface area contributed by atoms with Crippen LogP contribution < -0.4 is 4.90 Å². The highest BCUT2D eigenvalue weighted by Gasteiger charge is 2.35. The number of hydrogen-bond acceptors (Lipinski definition) is 3. The first-order valence-electron chi connectivity index (χ1n) is 14.7. The number of nitrogens with zero attached hydrogens (tertiary/aromatic N) is 3. The van der Waals surface area contributed by atoms with Gasteiger partial charge in [0.2, 0.25) is 0 Å². The van der Waals surface area contributed by atoms with E-state index in [1.165, 1.54) is 22.8 Å². The second-order valence-corrected chi connectivity index (χ2v) is 11.5. The van der Waals surface area contributed by atoms with Gasteiger partial charge < -0.3 is 14.8 Å². The Morgan fingerprint density at radius 1 is 1.00 bits per heavy atom. The van der Waals surface area contributed by atoms with Gasteiger partial charge in [-0.3, -0.25) is 4.98 Å². The molecule has 0 radical (unpaired) electrons. The number of rotatable bonds is 7. The van der Waals surface area contributed by atoms with Crippen LogP contribution in [0.25, 0.3) is 17.2 Å². The van der Waals surface area contributed by atoms with Gasteiger partial charge in [-0.1, -0.05) is 29.9 Å². The maximum atomic E-state index is 13.0. The molecule has 1 N–H and O–H groups in total. The summed E-state index contributed by atoms with van der Waals surface area (Å²) in [5.74, 6) is 0. The normalized spacial score (nSPS) is 14.1. The standard InChI is InChI=1S/C23H29N3.C13H16F3N/c1-16(2)12-22(13-20-8-10-24-19(20)6)21-9-11-25-23(14-21)18(5)15-26(7)17(3)4;1-10-5-6-12(11(9-10)13(14,15)16)17-7-3-2-4-8-17/h8-15,24H,3H2,1-2,4-7H3;5-6,9H,2-4,7-8H2,1H3/b18-15+,22-13+;. The summed E-state index contributed by atoms with van der Waals surface area (Å²) in [6.07, 6.45) is 9.15. The number of H-pyrrole nitrogens is 1. The number of anilines is 1. The molecule has 1 aromatic carbocycles. The fourth-order valence-corrected chi connectivity index (χ4v) is 4.89. The average molecular weight is 591 g/mol. The van der Waals surface area contributed by atoms with Gasteiger partial charge >= 0.3 is 6.18 Å². The summed E-state index contributed by atoms with van der Waals surface area (Å²) in [5.41, 5.74) is 9.51. The van der Waals surface area contributed by atoms with Crippen molar-refractivity contribution in [1.29, 1.82) is 0 Å². The van der Waals surface area contributed by atoms with Crippen LogP contribution in [-0.4, -0.2) is 35.0 Å². The van der Waals surface area contributed by atoms with Crippen LogP contribution in [0.4, 0.5) is 18.9 Å². The molecule has 1 aliphatic rings. The third-order valence-corrected chi connectivity index (χ3v) is 7.39. The molecule has 0 amide bonds. The van der Waals surface area contributed by atoms with Crippen molar-refractivity contribution >= 4 is 22.9 Å². The van der Waals surface area contributed by atoms with Gasteiger partial charge in [-0.25, -0.2) is 0 Å². The number of aryl methyl sites for hydroxylation is 2. The van der Waals surface area contributed by atoms with E-state index in [1.54, 1.807) is 19.1 Å². The minimum atomic E-state index is -4.27. The molecule has 1 saturated heterocycles. The van der Waals surface area contributed by atoms with Gasteiger partial charge in [0, 0.05) is 55.8 Å². The number of pyridine rings is 1. The van der Waals surface area contributed by atoms with Gasteiger partial charge in [0.1, 0.15) is 0 Å². The summed E-state index contributed by atoms with van der Waals surface area (Å²) in [5, 5.41) is 0. The van der Waals surface area contributed by atoms with Gasteiger partial charge in [-0.05, 0) is 119 Å². The second-order valence-electron chi connectivity index (χ2n) is 11.5. The van der Waals surface area contributed by atoms with Crippen molar-refractivity contribution in [2.45, 2.75) is 67.0 Å². The Hall–Kier alpha value is -4.00. The van der Waals surface area contributed by atoms with E-state index in [0.29, 0.717) is 11.3 Å². The van der Waals surface area contributed by atoms with Crippen LogP contribution >= 0.6 is 0 Å². The number of nitrogens with one attached hydrogen (secondary N) is 1. The molecule has 230 valence electrons. The quantitative estimate of drug-likeness (QED) is 0.278. The molecule has 0 bridgehead atoms. The molecular weight excluding hydrogens is 545 g/mol. The Bertz CT molecular complexity index is 1480. The Morgan fingerprint density at radius 3 is 2.28 bits per heavy atom. The Balaban J connectivity index is 0.000000257. The summed E-state index contributed by atoms with van der Waals surface area (Å²) >= 11 is 0. The topological polar surface area (TPSA) is 35.2 Å². The van der Waals surface area contributed by atoms with Crippen LogP contribution in [0, 0.1) is 13.8 Å². The number of benzene rings is 1. The molecule has 0 saturated carbocycles. The average Bonchev–Trinajstić information content (AvgIpc) is 3.36. The lowest BCUT2D eigenvalue weighted by molar-refractivity contribution is -0.137. The van der Waals surface area contributed by atoms with Gasteiger partial charge in [-0.2, -0.15) is 13.2 Å². The summed E-state index contributed by atoms with van der Waals surface area (Å²) in [6.45, 7) is 17.5. The molecule has 7 heteroatoms. The van der Waals surface area contributed by atoms with Crippen LogP contribution in [0.15, 0.2) is 78.9 Å². The summed E-state index contributed by atoms with van der Waals surface area (Å²) in [4.78, 5) is 11.7. The highest BCUT2D eigenvalue weighted by molar-refractivity contribution is 5.88. The largest absolute Gasteiger partial charge is 0.418 e. The van der Waals surface area contributed by atoms with E-state index in [2.05, 4.69) is 80.8 Å². The van der Waals surface area contributed by atoms with Crippen molar-refractivity contribution in [3.63, 3.8) is 0 Å². The van der Waals surface area contributed by atoms with Crippen molar-refractivity contribution in [1.82, 2.24) is 14.9 Å². The van der Waals surface area contributed by atoms with Crippen molar-refractivity contribution < 1.29 is 13.2 Å². The Morgan fingerprint density at radius 2 is 1.70 bits per heavy atom. The van der Waals surface area contributed by atoms with Crippen molar-refractivity contribution in [3.05, 3.63) is 113 Å². The Labute approximate surface area is 255 Å². The number of hydrogen-bond donors (Lipinski definition) is 1. The molecule has 3 heterocycles. The number of allylic oxidation sites excluding steroid dienone is 5. The number of piperidine rings is 1. The fourth-order valence-electron chi connectivity index (χ4n) is 4.89. The zero-order valence-electron chi connectivity index (χ0n) is 26.6. The van der Waals surface area contributed by atoms with Crippen molar-refractivity contribution in [2.24, 2.45) is 0 Å². The number of aromatic amines is 1. The van der Waals surface area contributed by atoms with Crippen molar-refractivity contribution in [3.8, 4) is 0 Å². The second kappa shape index (κ2) is 14.9. The van der Waals surface area contributed by atoms with E-state index in [4.69, 9.17) is 0 Å². The van der Waals surface area contributed by atoms with E-state index >= 15 is 0 Å². The zero-order chi connectivity index (χ0) is 31.7. The minimum absolute atomic E-state index is 0.336. The third-order valence-electron chi connectivity index (χ3n) is 7.39. The molecule has 4 rings (SSSR count). The Kier molecular flexibility index (Phi) is 11.6. The number of aromatic nitrogens is 2. The molecule has 1 aliphatic heterocycles. The lowest BCUT2D eigenvalue weighted by atomic mass is 10.00. The van der Waals surface area contributed by atoms with Crippen LogP contribution in [0.2, 0.25) is 0 Å². The highest BCUT2D eigenvalue weighted by atomic mass is 19.4. The smallest absolute Gasteiger partial charge is 0.371 e. The highest BCUT2D eigenvalue weighted by Crippen LogP contribution is 2.38. The molecule has 4 nitrogen and oxygen atoms in total. The predicted octanol–water partition coefficient (Wildman–Crippen LogP) is 10.1.